The van der Waals surface area contributed by atoms with Gasteiger partial charge in [-0.1, -0.05) is 37.6 Å². The van der Waals surface area contributed by atoms with Crippen molar-refractivity contribution in [1.29, 1.82) is 0 Å². The quantitative estimate of drug-likeness (QED) is 0.270. The van der Waals surface area contributed by atoms with Gasteiger partial charge in [-0.3, -0.25) is 19.2 Å². The Bertz CT molecular complexity index is 1430. The monoisotopic (exact) mass is 652 g/mol. The zero-order valence-corrected chi connectivity index (χ0v) is 27.6. The van der Waals surface area contributed by atoms with E-state index in [1.54, 1.807) is 31.2 Å². The zero-order valence-electron chi connectivity index (χ0n) is 27.6. The average Bonchev–Trinajstić information content (AvgIpc) is 3.57. The molecule has 4 atom stereocenters. The van der Waals surface area contributed by atoms with Crippen LogP contribution < -0.4 is 21.3 Å². The van der Waals surface area contributed by atoms with Gasteiger partial charge in [-0.15, -0.1) is 0 Å². The van der Waals surface area contributed by atoms with Gasteiger partial charge in [0.1, 0.15) is 24.2 Å². The number of methoxy groups -OCH3 is 2. The third-order valence-electron chi connectivity index (χ3n) is 7.94. The van der Waals surface area contributed by atoms with E-state index < -0.39 is 42.3 Å². The van der Waals surface area contributed by atoms with Crippen LogP contribution in [0.4, 0.5) is 21.0 Å². The molecule has 254 valence electrons. The number of anilines is 2. The number of hydrogen-bond donors (Lipinski definition) is 4. The molecule has 0 radical (unpaired) electrons. The summed E-state index contributed by atoms with van der Waals surface area (Å²) in [5.41, 5.74) is 2.87. The van der Waals surface area contributed by atoms with Gasteiger partial charge >= 0.3 is 12.2 Å². The molecule has 1 heterocycles. The Morgan fingerprint density at radius 3 is 1.85 bits per heavy atom. The minimum absolute atomic E-state index is 0.308. The van der Waals surface area contributed by atoms with Crippen LogP contribution in [-0.4, -0.2) is 97.6 Å². The minimum Gasteiger partial charge on any atom is -0.453 e. The molecule has 1 saturated heterocycles. The van der Waals surface area contributed by atoms with E-state index in [0.717, 1.165) is 11.1 Å². The third kappa shape index (κ3) is 9.67. The first-order valence-electron chi connectivity index (χ1n) is 15.5. The Hall–Kier alpha value is -5.14. The molecule has 4 unspecified atom stereocenters. The maximum atomic E-state index is 13.2. The van der Waals surface area contributed by atoms with Gasteiger partial charge in [0.05, 0.1) is 14.2 Å². The number of ether oxygens (including phenoxy) is 2. The second kappa shape index (κ2) is 17.0. The summed E-state index contributed by atoms with van der Waals surface area (Å²) in [6, 6.07) is 11.4. The van der Waals surface area contributed by atoms with Crippen LogP contribution >= 0.6 is 0 Å². The summed E-state index contributed by atoms with van der Waals surface area (Å²) < 4.78 is 9.11. The largest absolute Gasteiger partial charge is 0.453 e. The van der Waals surface area contributed by atoms with Crippen molar-refractivity contribution in [3.63, 3.8) is 0 Å². The van der Waals surface area contributed by atoms with Crippen molar-refractivity contribution in [3.8, 4) is 11.1 Å². The first-order chi connectivity index (χ1) is 22.4. The lowest BCUT2D eigenvalue weighted by Gasteiger charge is -2.29. The number of likely N-dealkylation sites (tertiary alicyclic amines) is 1. The van der Waals surface area contributed by atoms with E-state index in [1.165, 1.54) is 38.0 Å². The lowest BCUT2D eigenvalue weighted by Crippen LogP contribution is -2.52. The molecule has 47 heavy (non-hydrogen) atoms. The average molecular weight is 653 g/mol. The topological polar surface area (TPSA) is 175 Å². The van der Waals surface area contributed by atoms with Crippen LogP contribution in [-0.2, 0) is 28.7 Å². The number of likely N-dealkylation sites (N-methyl/N-ethyl adjacent to an activating group) is 1. The molecule has 0 spiro atoms. The van der Waals surface area contributed by atoms with E-state index in [9.17, 15) is 28.8 Å². The highest BCUT2D eigenvalue weighted by atomic mass is 16.5. The summed E-state index contributed by atoms with van der Waals surface area (Å²) in [6.07, 6.45) is 0.828. The van der Waals surface area contributed by atoms with E-state index >= 15 is 0 Å². The van der Waals surface area contributed by atoms with E-state index in [0.29, 0.717) is 43.6 Å². The van der Waals surface area contributed by atoms with Crippen molar-refractivity contribution in [1.82, 2.24) is 20.4 Å². The van der Waals surface area contributed by atoms with Crippen molar-refractivity contribution in [2.45, 2.75) is 70.6 Å². The molecular formula is C33H44N6O8. The summed E-state index contributed by atoms with van der Waals surface area (Å²) in [7, 11) is 3.95. The van der Waals surface area contributed by atoms with Gasteiger partial charge in [-0.25, -0.2) is 9.59 Å². The molecule has 4 N–H and O–H groups in total. The Morgan fingerprint density at radius 1 is 0.830 bits per heavy atom. The van der Waals surface area contributed by atoms with Gasteiger partial charge in [0, 0.05) is 25.0 Å². The first kappa shape index (κ1) is 36.3. The molecule has 6 amide bonds. The standard InChI is InChI=1S/C33H44N6O8/c1-7-9-26(38(4)30(42)20(2)34-32(44)46-5)28(40)36-24-15-11-22(12-16-24)23-13-17-25(18-14-23)37-29(41)27-10-8-19-39(27)31(43)21(3)35-33(45)47-6/h11-18,20-21,26-27H,7-10,19H2,1-6H3,(H,34,44)(H,35,45)(H,36,40)(H,37,41). The van der Waals surface area contributed by atoms with Gasteiger partial charge in [-0.2, -0.15) is 0 Å². The minimum atomic E-state index is -0.870. The van der Waals surface area contributed by atoms with Crippen LogP contribution in [0.1, 0.15) is 46.5 Å². The molecule has 14 nitrogen and oxygen atoms in total. The van der Waals surface area contributed by atoms with Gasteiger partial charge in [0.15, 0.2) is 0 Å². The maximum Gasteiger partial charge on any atom is 0.407 e. The Kier molecular flexibility index (Phi) is 13.1. The second-order valence-electron chi connectivity index (χ2n) is 11.3. The van der Waals surface area contributed by atoms with Crippen LogP contribution in [0, 0.1) is 0 Å². The Labute approximate surface area is 274 Å². The highest BCUT2D eigenvalue weighted by Crippen LogP contribution is 2.25. The highest BCUT2D eigenvalue weighted by molar-refractivity contribution is 5.99. The summed E-state index contributed by atoms with van der Waals surface area (Å²) in [4.78, 5) is 77.8. The summed E-state index contributed by atoms with van der Waals surface area (Å²) in [6.45, 7) is 5.41. The van der Waals surface area contributed by atoms with E-state index in [2.05, 4.69) is 30.7 Å². The molecule has 1 aliphatic rings. The molecule has 3 rings (SSSR count). The number of amides is 6. The SMILES string of the molecule is CCCC(C(=O)Nc1ccc(-c2ccc(NC(=O)C3CCCN3C(=O)C(C)NC(=O)OC)cc2)cc1)N(C)C(=O)C(C)NC(=O)OC. The fraction of sp³-hybridized carbons (Fsp3) is 0.455. The fourth-order valence-electron chi connectivity index (χ4n) is 5.32. The normalized spacial score (nSPS) is 15.8. The van der Waals surface area contributed by atoms with Crippen LogP contribution in [0.5, 0.6) is 0 Å². The zero-order chi connectivity index (χ0) is 34.7. The lowest BCUT2D eigenvalue weighted by atomic mass is 10.0. The molecule has 0 aliphatic carbocycles. The fourth-order valence-corrected chi connectivity index (χ4v) is 5.32. The van der Waals surface area contributed by atoms with Crippen molar-refractivity contribution < 1.29 is 38.2 Å². The predicted octanol–water partition coefficient (Wildman–Crippen LogP) is 3.34. The smallest absolute Gasteiger partial charge is 0.407 e. The molecule has 2 aromatic rings. The molecule has 1 aliphatic heterocycles. The first-order valence-corrected chi connectivity index (χ1v) is 15.5. The Morgan fingerprint density at radius 2 is 1.34 bits per heavy atom. The maximum absolute atomic E-state index is 13.2. The van der Waals surface area contributed by atoms with Crippen molar-refractivity contribution in [3.05, 3.63) is 48.5 Å². The van der Waals surface area contributed by atoms with Gasteiger partial charge in [0.25, 0.3) is 0 Å². The van der Waals surface area contributed by atoms with Gasteiger partial charge < -0.3 is 40.5 Å². The number of hydrogen-bond acceptors (Lipinski definition) is 8. The third-order valence-corrected chi connectivity index (χ3v) is 7.94. The van der Waals surface area contributed by atoms with E-state index in [-0.39, 0.29) is 17.7 Å². The summed E-state index contributed by atoms with van der Waals surface area (Å²) in [5, 5.41) is 10.6. The molecule has 14 heteroatoms. The summed E-state index contributed by atoms with van der Waals surface area (Å²) in [5.74, 6) is -1.43. The van der Waals surface area contributed by atoms with Crippen LogP contribution in [0.2, 0.25) is 0 Å². The summed E-state index contributed by atoms with van der Waals surface area (Å²) >= 11 is 0. The molecule has 1 fully saturated rings. The van der Waals surface area contributed by atoms with Gasteiger partial charge in [0.2, 0.25) is 23.6 Å². The van der Waals surface area contributed by atoms with Crippen molar-refractivity contribution >= 4 is 47.2 Å². The predicted molar refractivity (Wildman–Crippen MR) is 175 cm³/mol. The number of nitrogens with one attached hydrogen (secondary N) is 4. The molecule has 2 aromatic carbocycles. The van der Waals surface area contributed by atoms with E-state index in [4.69, 9.17) is 0 Å². The second-order valence-corrected chi connectivity index (χ2v) is 11.3. The van der Waals surface area contributed by atoms with Gasteiger partial charge in [-0.05, 0) is 68.5 Å². The molecule has 0 bridgehead atoms. The van der Waals surface area contributed by atoms with Crippen molar-refractivity contribution in [2.75, 3.05) is 38.4 Å². The number of nitrogens with zero attached hydrogens (tertiary/aromatic N) is 2. The highest BCUT2D eigenvalue weighted by Gasteiger charge is 2.36. The molecule has 0 saturated carbocycles. The lowest BCUT2D eigenvalue weighted by molar-refractivity contribution is -0.138. The number of benzene rings is 2. The van der Waals surface area contributed by atoms with Crippen LogP contribution in [0.15, 0.2) is 48.5 Å². The van der Waals surface area contributed by atoms with Crippen LogP contribution in [0.25, 0.3) is 11.1 Å². The number of rotatable bonds is 12. The number of alkyl carbamates (subject to hydrolysis) is 2. The number of carbonyl (C=O) groups excluding carboxylic acids is 6. The number of carbonyl (C=O) groups is 6. The Balaban J connectivity index is 1.60. The molecule has 0 aromatic heterocycles. The van der Waals surface area contributed by atoms with E-state index in [1.807, 2.05) is 31.2 Å². The van der Waals surface area contributed by atoms with Crippen molar-refractivity contribution in [2.24, 2.45) is 0 Å². The van der Waals surface area contributed by atoms with Crippen LogP contribution in [0.3, 0.4) is 0 Å². The molecular weight excluding hydrogens is 608 g/mol.